The number of nitrogens with two attached hydrogens (primary N) is 1. The van der Waals surface area contributed by atoms with E-state index in [1.165, 1.54) is 25.8 Å². The van der Waals surface area contributed by atoms with Crippen molar-refractivity contribution in [2.75, 3.05) is 25.4 Å². The van der Waals surface area contributed by atoms with Gasteiger partial charge >= 0.3 is 5.97 Å². The molecular weight excluding hydrogens is 268 g/mol. The molecule has 1 aromatic heterocycles. The van der Waals surface area contributed by atoms with E-state index in [1.807, 2.05) is 4.57 Å². The minimum Gasteiger partial charge on any atom is -0.461 e. The van der Waals surface area contributed by atoms with Crippen LogP contribution in [0.4, 0.5) is 5.82 Å². The van der Waals surface area contributed by atoms with Crippen LogP contribution in [0.3, 0.4) is 0 Å². The molecule has 0 amide bonds. The van der Waals surface area contributed by atoms with Crippen LogP contribution < -0.4 is 5.73 Å². The molecule has 1 fully saturated rings. The number of rotatable bonds is 6. The fraction of sp³-hybridized carbons (Fsp3) is 0.733. The van der Waals surface area contributed by atoms with Crippen LogP contribution in [0.2, 0.25) is 0 Å². The molecule has 1 unspecified atom stereocenters. The molecule has 1 atom stereocenters. The number of piperidine rings is 1. The van der Waals surface area contributed by atoms with E-state index in [0.29, 0.717) is 18.5 Å². The van der Waals surface area contributed by atoms with Gasteiger partial charge in [-0.25, -0.2) is 9.78 Å². The Hall–Kier alpha value is -1.56. The highest BCUT2D eigenvalue weighted by molar-refractivity contribution is 5.92. The smallest absolute Gasteiger partial charge is 0.360 e. The number of nitrogens with zero attached hydrogens (tertiary/aromatic N) is 3. The quantitative estimate of drug-likeness (QED) is 0.811. The van der Waals surface area contributed by atoms with Crippen LogP contribution in [0.25, 0.3) is 0 Å². The molecule has 2 rings (SSSR count). The summed E-state index contributed by atoms with van der Waals surface area (Å²) in [5.74, 6) is -0.0430. The van der Waals surface area contributed by atoms with Gasteiger partial charge in [0.1, 0.15) is 5.82 Å². The van der Waals surface area contributed by atoms with Gasteiger partial charge < -0.3 is 19.9 Å². The maximum absolute atomic E-state index is 11.7. The van der Waals surface area contributed by atoms with Crippen molar-refractivity contribution in [1.82, 2.24) is 14.5 Å². The van der Waals surface area contributed by atoms with Crippen molar-refractivity contribution in [1.29, 1.82) is 0 Å². The van der Waals surface area contributed by atoms with Gasteiger partial charge in [-0.15, -0.1) is 0 Å². The van der Waals surface area contributed by atoms with Crippen molar-refractivity contribution in [2.45, 2.75) is 52.1 Å². The van der Waals surface area contributed by atoms with Gasteiger partial charge in [0.25, 0.3) is 0 Å². The van der Waals surface area contributed by atoms with Crippen LogP contribution in [-0.4, -0.2) is 46.2 Å². The van der Waals surface area contributed by atoms with Crippen molar-refractivity contribution < 1.29 is 9.53 Å². The van der Waals surface area contributed by atoms with E-state index in [4.69, 9.17) is 10.5 Å². The largest absolute Gasteiger partial charge is 0.461 e. The maximum atomic E-state index is 11.7. The summed E-state index contributed by atoms with van der Waals surface area (Å²) < 4.78 is 6.77. The average molecular weight is 294 g/mol. The Morgan fingerprint density at radius 1 is 1.48 bits per heavy atom. The lowest BCUT2D eigenvalue weighted by Gasteiger charge is -2.33. The number of hydrogen-bond donors (Lipinski definition) is 1. The maximum Gasteiger partial charge on any atom is 0.360 e. The summed E-state index contributed by atoms with van der Waals surface area (Å²) in [6.45, 7) is 7.43. The van der Waals surface area contributed by atoms with Crippen LogP contribution in [0, 0.1) is 0 Å². The second-order valence-corrected chi connectivity index (χ2v) is 5.63. The fourth-order valence-electron chi connectivity index (χ4n) is 2.86. The number of likely N-dealkylation sites (tertiary alicyclic amines) is 1. The summed E-state index contributed by atoms with van der Waals surface area (Å²) in [4.78, 5) is 18.3. The van der Waals surface area contributed by atoms with Crippen molar-refractivity contribution in [3.63, 3.8) is 0 Å². The van der Waals surface area contributed by atoms with Crippen molar-refractivity contribution in [3.05, 3.63) is 12.0 Å². The molecule has 0 radical (unpaired) electrons. The van der Waals surface area contributed by atoms with E-state index in [9.17, 15) is 4.79 Å². The normalized spacial score (nSPS) is 19.6. The minimum absolute atomic E-state index is 0.225. The summed E-state index contributed by atoms with van der Waals surface area (Å²) >= 11 is 0. The number of hydrogen-bond acceptors (Lipinski definition) is 5. The highest BCUT2D eigenvalue weighted by Crippen LogP contribution is 2.17. The molecule has 0 spiro atoms. The molecule has 2 N–H and O–H groups in total. The zero-order valence-electron chi connectivity index (χ0n) is 13.0. The molecule has 6 nitrogen and oxygen atoms in total. The van der Waals surface area contributed by atoms with Crippen LogP contribution in [0.1, 0.15) is 50.0 Å². The highest BCUT2D eigenvalue weighted by atomic mass is 16.5. The summed E-state index contributed by atoms with van der Waals surface area (Å²) in [6, 6.07) is 0.675. The van der Waals surface area contributed by atoms with E-state index in [0.717, 1.165) is 19.5 Å². The third kappa shape index (κ3) is 3.97. The summed E-state index contributed by atoms with van der Waals surface area (Å²) in [6.07, 6.45) is 6.56. The number of aromatic nitrogens is 2. The SMILES string of the molecule is CCOC(=O)c1ncn(CCCN2CCCCC2C)c1N. The molecule has 1 aliphatic rings. The third-order valence-corrected chi connectivity index (χ3v) is 4.13. The topological polar surface area (TPSA) is 73.4 Å². The highest BCUT2D eigenvalue weighted by Gasteiger charge is 2.19. The van der Waals surface area contributed by atoms with E-state index < -0.39 is 5.97 Å². The molecule has 1 aromatic rings. The molecule has 21 heavy (non-hydrogen) atoms. The first-order valence-electron chi connectivity index (χ1n) is 7.85. The molecule has 0 aromatic carbocycles. The van der Waals surface area contributed by atoms with E-state index >= 15 is 0 Å². The average Bonchev–Trinajstić information content (AvgIpc) is 2.83. The van der Waals surface area contributed by atoms with Crippen molar-refractivity contribution >= 4 is 11.8 Å². The number of carbonyl (C=O) groups is 1. The Morgan fingerprint density at radius 3 is 3.00 bits per heavy atom. The van der Waals surface area contributed by atoms with E-state index in [1.54, 1.807) is 13.3 Å². The van der Waals surface area contributed by atoms with Gasteiger partial charge in [0.15, 0.2) is 5.69 Å². The first-order chi connectivity index (χ1) is 10.1. The van der Waals surface area contributed by atoms with E-state index in [2.05, 4.69) is 16.8 Å². The summed E-state index contributed by atoms with van der Waals surface area (Å²) in [5.41, 5.74) is 6.19. The van der Waals surface area contributed by atoms with Crippen LogP contribution in [0.5, 0.6) is 0 Å². The fourth-order valence-corrected chi connectivity index (χ4v) is 2.86. The molecule has 2 heterocycles. The van der Waals surface area contributed by atoms with Crippen molar-refractivity contribution in [2.24, 2.45) is 0 Å². The summed E-state index contributed by atoms with van der Waals surface area (Å²) in [7, 11) is 0. The lowest BCUT2D eigenvalue weighted by molar-refractivity contribution is 0.0521. The zero-order valence-corrected chi connectivity index (χ0v) is 13.0. The van der Waals surface area contributed by atoms with Gasteiger partial charge in [-0.1, -0.05) is 6.42 Å². The predicted octanol–water partition coefficient (Wildman–Crippen LogP) is 1.91. The third-order valence-electron chi connectivity index (χ3n) is 4.13. The number of imidazole rings is 1. The Morgan fingerprint density at radius 2 is 2.29 bits per heavy atom. The van der Waals surface area contributed by atoms with Crippen LogP contribution >= 0.6 is 0 Å². The number of nitrogen functional groups attached to an aromatic ring is 1. The number of carbonyl (C=O) groups excluding carboxylic acids is 1. The van der Waals surface area contributed by atoms with Gasteiger partial charge in [0.05, 0.1) is 12.9 Å². The molecule has 1 aliphatic heterocycles. The number of anilines is 1. The molecule has 1 saturated heterocycles. The zero-order chi connectivity index (χ0) is 15.2. The van der Waals surface area contributed by atoms with Gasteiger partial charge in [-0.05, 0) is 39.7 Å². The van der Waals surface area contributed by atoms with Crippen LogP contribution in [-0.2, 0) is 11.3 Å². The van der Waals surface area contributed by atoms with Crippen molar-refractivity contribution in [3.8, 4) is 0 Å². The molecule has 0 saturated carbocycles. The molecule has 118 valence electrons. The lowest BCUT2D eigenvalue weighted by atomic mass is 10.0. The Kier molecular flexibility index (Phi) is 5.61. The second-order valence-electron chi connectivity index (χ2n) is 5.63. The Labute approximate surface area is 126 Å². The number of esters is 1. The first kappa shape index (κ1) is 15.8. The predicted molar refractivity (Wildman–Crippen MR) is 82.1 cm³/mol. The van der Waals surface area contributed by atoms with Gasteiger partial charge in [-0.2, -0.15) is 0 Å². The van der Waals surface area contributed by atoms with Gasteiger partial charge in [-0.3, -0.25) is 0 Å². The monoisotopic (exact) mass is 294 g/mol. The van der Waals surface area contributed by atoms with Gasteiger partial charge in [0.2, 0.25) is 0 Å². The standard InChI is InChI=1S/C15H26N4O2/c1-3-21-15(20)13-14(16)19(11-17-13)10-6-9-18-8-5-4-7-12(18)2/h11-12H,3-10,16H2,1-2H3. The molecule has 6 heteroatoms. The van der Waals surface area contributed by atoms with Crippen LogP contribution in [0.15, 0.2) is 6.33 Å². The summed E-state index contributed by atoms with van der Waals surface area (Å²) in [5, 5.41) is 0. The molecule has 0 aliphatic carbocycles. The Balaban J connectivity index is 1.84. The Bertz CT molecular complexity index is 472. The number of aryl methyl sites for hydroxylation is 1. The van der Waals surface area contributed by atoms with E-state index in [-0.39, 0.29) is 5.69 Å². The number of ether oxygens (including phenoxy) is 1. The second kappa shape index (κ2) is 7.45. The van der Waals surface area contributed by atoms with Gasteiger partial charge in [0, 0.05) is 19.1 Å². The molecule has 0 bridgehead atoms. The lowest BCUT2D eigenvalue weighted by Crippen LogP contribution is -2.38. The first-order valence-corrected chi connectivity index (χ1v) is 7.85. The minimum atomic E-state index is -0.446. The molecular formula is C15H26N4O2.